The molecule has 0 aromatic rings. The van der Waals surface area contributed by atoms with Crippen molar-refractivity contribution in [1.29, 1.82) is 0 Å². The van der Waals surface area contributed by atoms with E-state index in [9.17, 15) is 0 Å². The highest BCUT2D eigenvalue weighted by molar-refractivity contribution is 4.74. The summed E-state index contributed by atoms with van der Waals surface area (Å²) >= 11 is 0. The van der Waals surface area contributed by atoms with Crippen LogP contribution < -0.4 is 0 Å². The van der Waals surface area contributed by atoms with Gasteiger partial charge in [-0.15, -0.1) is 0 Å². The van der Waals surface area contributed by atoms with Gasteiger partial charge in [0, 0.05) is 12.1 Å². The van der Waals surface area contributed by atoms with Crippen LogP contribution in [0.3, 0.4) is 0 Å². The second kappa shape index (κ2) is 6.61. The average Bonchev–Trinajstić information content (AvgIpc) is 2.20. The maximum Gasteiger partial charge on any atom is 0.00412 e. The van der Waals surface area contributed by atoms with Gasteiger partial charge >= 0.3 is 0 Å². The van der Waals surface area contributed by atoms with Crippen molar-refractivity contribution in [3.8, 4) is 0 Å². The summed E-state index contributed by atoms with van der Waals surface area (Å²) in [6.07, 6.45) is 4.20. The summed E-state index contributed by atoms with van der Waals surface area (Å²) < 4.78 is 0. The van der Waals surface area contributed by atoms with E-state index in [2.05, 4.69) is 44.5 Å². The van der Waals surface area contributed by atoms with Gasteiger partial charge in [0.1, 0.15) is 0 Å². The van der Waals surface area contributed by atoms with Gasteiger partial charge < -0.3 is 4.90 Å². The van der Waals surface area contributed by atoms with Gasteiger partial charge in [0.15, 0.2) is 0 Å². The Balaban J connectivity index is 2.27. The minimum absolute atomic E-state index is 0.686. The summed E-state index contributed by atoms with van der Waals surface area (Å²) in [5.74, 6) is 0.969. The number of hydrogen-bond acceptors (Lipinski definition) is 2. The normalized spacial score (nSPS) is 20.2. The lowest BCUT2D eigenvalue weighted by molar-refractivity contribution is 0.143. The molecule has 0 aromatic carbocycles. The van der Waals surface area contributed by atoms with Gasteiger partial charge in [-0.3, -0.25) is 4.90 Å². The third-order valence-corrected chi connectivity index (χ3v) is 3.96. The number of likely N-dealkylation sites (tertiary alicyclic amines) is 1. The molecule has 0 aliphatic carbocycles. The van der Waals surface area contributed by atoms with Crippen molar-refractivity contribution in [3.05, 3.63) is 0 Å². The van der Waals surface area contributed by atoms with Crippen molar-refractivity contribution >= 4 is 0 Å². The van der Waals surface area contributed by atoms with Crippen LogP contribution in [-0.2, 0) is 0 Å². The average molecular weight is 226 g/mol. The quantitative estimate of drug-likeness (QED) is 0.711. The molecule has 1 aliphatic heterocycles. The van der Waals surface area contributed by atoms with E-state index in [4.69, 9.17) is 0 Å². The van der Waals surface area contributed by atoms with Crippen molar-refractivity contribution in [3.63, 3.8) is 0 Å². The molecule has 2 heteroatoms. The van der Waals surface area contributed by atoms with Crippen molar-refractivity contribution in [2.45, 2.75) is 59.0 Å². The first-order valence-electron chi connectivity index (χ1n) is 6.95. The Labute approximate surface area is 102 Å². The van der Waals surface area contributed by atoms with Gasteiger partial charge in [0.25, 0.3) is 0 Å². The molecule has 0 saturated carbocycles. The fourth-order valence-electron chi connectivity index (χ4n) is 2.80. The molecule has 96 valence electrons. The number of piperidine rings is 1. The molecule has 1 rings (SSSR count). The predicted molar refractivity (Wildman–Crippen MR) is 71.8 cm³/mol. The maximum atomic E-state index is 2.62. The molecular formula is C14H30N2. The second-order valence-corrected chi connectivity index (χ2v) is 5.96. The highest BCUT2D eigenvalue weighted by atomic mass is 15.2. The molecule has 0 bridgehead atoms. The molecule has 0 radical (unpaired) electrons. The molecule has 0 unspecified atom stereocenters. The molecule has 16 heavy (non-hydrogen) atoms. The van der Waals surface area contributed by atoms with E-state index in [1.165, 1.54) is 38.9 Å². The van der Waals surface area contributed by atoms with Crippen LogP contribution in [0.4, 0.5) is 0 Å². The van der Waals surface area contributed by atoms with Crippen molar-refractivity contribution in [2.75, 3.05) is 26.7 Å². The predicted octanol–water partition coefficient (Wildman–Crippen LogP) is 2.84. The minimum Gasteiger partial charge on any atom is -0.306 e. The van der Waals surface area contributed by atoms with Crippen LogP contribution in [0.1, 0.15) is 47.0 Å². The van der Waals surface area contributed by atoms with Crippen LogP contribution in [-0.4, -0.2) is 48.6 Å². The molecule has 0 aromatic heterocycles. The number of hydrogen-bond donors (Lipinski definition) is 0. The van der Waals surface area contributed by atoms with Gasteiger partial charge in [0.2, 0.25) is 0 Å². The smallest absolute Gasteiger partial charge is 0.00412 e. The largest absolute Gasteiger partial charge is 0.306 e. The van der Waals surface area contributed by atoms with Crippen molar-refractivity contribution in [1.82, 2.24) is 9.80 Å². The first kappa shape index (κ1) is 14.0. The van der Waals surface area contributed by atoms with Crippen LogP contribution in [0.25, 0.3) is 0 Å². The van der Waals surface area contributed by atoms with Gasteiger partial charge in [0.05, 0.1) is 0 Å². The molecular weight excluding hydrogens is 196 g/mol. The Kier molecular flexibility index (Phi) is 5.77. The molecule has 2 nitrogen and oxygen atoms in total. The van der Waals surface area contributed by atoms with Gasteiger partial charge in [-0.25, -0.2) is 0 Å². The number of rotatable bonds is 5. The van der Waals surface area contributed by atoms with E-state index >= 15 is 0 Å². The summed E-state index contributed by atoms with van der Waals surface area (Å²) in [5.41, 5.74) is 0. The van der Waals surface area contributed by atoms with Crippen LogP contribution in [0, 0.1) is 5.92 Å². The zero-order chi connectivity index (χ0) is 12.1. The lowest BCUT2D eigenvalue weighted by Gasteiger charge is -2.34. The molecule has 1 aliphatic rings. The van der Waals surface area contributed by atoms with Crippen LogP contribution in [0.2, 0.25) is 0 Å². The van der Waals surface area contributed by atoms with Crippen LogP contribution >= 0.6 is 0 Å². The Morgan fingerprint density at radius 2 is 1.56 bits per heavy atom. The van der Waals surface area contributed by atoms with E-state index in [0.717, 1.165) is 5.92 Å². The summed E-state index contributed by atoms with van der Waals surface area (Å²) in [7, 11) is 2.24. The highest BCUT2D eigenvalue weighted by Crippen LogP contribution is 2.20. The van der Waals surface area contributed by atoms with Crippen molar-refractivity contribution in [2.24, 2.45) is 5.92 Å². The summed E-state index contributed by atoms with van der Waals surface area (Å²) in [6, 6.07) is 1.37. The van der Waals surface area contributed by atoms with Gasteiger partial charge in [-0.2, -0.15) is 0 Å². The summed E-state index contributed by atoms with van der Waals surface area (Å²) in [5, 5.41) is 0. The lowest BCUT2D eigenvalue weighted by atomic mass is 9.93. The Hall–Kier alpha value is -0.0800. The van der Waals surface area contributed by atoms with E-state index in [1.807, 2.05) is 0 Å². The van der Waals surface area contributed by atoms with Crippen molar-refractivity contribution < 1.29 is 0 Å². The molecule has 1 saturated heterocycles. The van der Waals surface area contributed by atoms with Gasteiger partial charge in [-0.05, 0) is 79.6 Å². The number of nitrogens with zero attached hydrogens (tertiary/aromatic N) is 2. The molecule has 0 amide bonds. The maximum absolute atomic E-state index is 2.62. The standard InChI is InChI=1S/C14H30N2/c1-12(2)16(13(3)4)11-8-14-6-9-15(5)10-7-14/h12-14H,6-11H2,1-5H3. The van der Waals surface area contributed by atoms with E-state index in [0.29, 0.717) is 12.1 Å². The highest BCUT2D eigenvalue weighted by Gasteiger charge is 2.19. The summed E-state index contributed by atoms with van der Waals surface area (Å²) in [6.45, 7) is 13.1. The SMILES string of the molecule is CC(C)N(CCC1CCN(C)CC1)C(C)C. The first-order chi connectivity index (χ1) is 7.50. The first-order valence-corrected chi connectivity index (χ1v) is 6.95. The monoisotopic (exact) mass is 226 g/mol. The van der Waals surface area contributed by atoms with E-state index < -0.39 is 0 Å². The Morgan fingerprint density at radius 1 is 1.06 bits per heavy atom. The van der Waals surface area contributed by atoms with Crippen LogP contribution in [0.15, 0.2) is 0 Å². The van der Waals surface area contributed by atoms with E-state index in [-0.39, 0.29) is 0 Å². The third-order valence-electron chi connectivity index (χ3n) is 3.96. The molecule has 1 heterocycles. The molecule has 0 N–H and O–H groups in total. The zero-order valence-electron chi connectivity index (χ0n) is 11.9. The van der Waals surface area contributed by atoms with Gasteiger partial charge in [-0.1, -0.05) is 0 Å². The molecule has 0 spiro atoms. The minimum atomic E-state index is 0.686. The molecule has 1 fully saturated rings. The fourth-order valence-corrected chi connectivity index (χ4v) is 2.80. The van der Waals surface area contributed by atoms with Crippen LogP contribution in [0.5, 0.6) is 0 Å². The lowest BCUT2D eigenvalue weighted by Crippen LogP contribution is -2.39. The molecule has 0 atom stereocenters. The Bertz CT molecular complexity index is 173. The topological polar surface area (TPSA) is 6.48 Å². The second-order valence-electron chi connectivity index (χ2n) is 5.96. The third kappa shape index (κ3) is 4.42. The Morgan fingerprint density at radius 3 is 2.00 bits per heavy atom. The zero-order valence-corrected chi connectivity index (χ0v) is 11.9. The summed E-state index contributed by atoms with van der Waals surface area (Å²) in [4.78, 5) is 5.08. The van der Waals surface area contributed by atoms with E-state index in [1.54, 1.807) is 0 Å². The fraction of sp³-hybridized carbons (Fsp3) is 1.00.